The first kappa shape index (κ1) is 19.9. The average molecular weight is 357 g/mol. The van der Waals surface area contributed by atoms with Crippen LogP contribution in [0.3, 0.4) is 0 Å². The zero-order valence-corrected chi connectivity index (χ0v) is 17.4. The second-order valence-electron chi connectivity index (χ2n) is 9.06. The molecule has 2 aliphatic rings. The van der Waals surface area contributed by atoms with Crippen molar-refractivity contribution in [3.8, 4) is 0 Å². The number of rotatable bonds is 7. The lowest BCUT2D eigenvalue weighted by atomic mass is 9.69. The van der Waals surface area contributed by atoms with Gasteiger partial charge in [0.15, 0.2) is 0 Å². The molecule has 1 heteroatoms. The molecule has 0 N–H and O–H groups in total. The molecule has 3 rings (SSSR count). The number of hydrogen-bond donors (Lipinski definition) is 0. The van der Waals surface area contributed by atoms with Crippen molar-refractivity contribution < 1.29 is 4.74 Å². The van der Waals surface area contributed by atoms with Crippen LogP contribution in [0.2, 0.25) is 0 Å². The van der Waals surface area contributed by atoms with Gasteiger partial charge in [-0.25, -0.2) is 0 Å². The number of hydrogen-bond acceptors (Lipinski definition) is 1. The van der Waals surface area contributed by atoms with Crippen LogP contribution >= 0.6 is 0 Å². The van der Waals surface area contributed by atoms with Crippen molar-refractivity contribution in [1.29, 1.82) is 0 Å². The van der Waals surface area contributed by atoms with Gasteiger partial charge in [0.1, 0.15) is 0 Å². The molecular formula is C25H40O. The summed E-state index contributed by atoms with van der Waals surface area (Å²) in [6, 6.07) is 9.64. The van der Waals surface area contributed by atoms with Gasteiger partial charge in [0.25, 0.3) is 0 Å². The molecule has 1 unspecified atom stereocenters. The second kappa shape index (κ2) is 9.93. The van der Waals surface area contributed by atoms with E-state index >= 15 is 0 Å². The Morgan fingerprint density at radius 2 is 1.42 bits per heavy atom. The smallest absolute Gasteiger partial charge is 0.0575 e. The molecule has 0 radical (unpaired) electrons. The molecule has 0 aromatic heterocycles. The molecular weight excluding hydrogens is 316 g/mol. The summed E-state index contributed by atoms with van der Waals surface area (Å²) in [6.07, 6.45) is 14.2. The summed E-state index contributed by atoms with van der Waals surface area (Å²) in [4.78, 5) is 0. The molecule has 2 saturated carbocycles. The minimum atomic E-state index is 0.557. The molecule has 1 atom stereocenters. The summed E-state index contributed by atoms with van der Waals surface area (Å²) in [7, 11) is 0. The lowest BCUT2D eigenvalue weighted by molar-refractivity contribution is 0.0146. The maximum Gasteiger partial charge on any atom is 0.0575 e. The third kappa shape index (κ3) is 5.35. The van der Waals surface area contributed by atoms with E-state index in [1.807, 2.05) is 0 Å². The van der Waals surface area contributed by atoms with E-state index in [0.717, 1.165) is 30.3 Å². The Labute approximate surface area is 161 Å². The van der Waals surface area contributed by atoms with E-state index in [2.05, 4.69) is 45.0 Å². The first-order chi connectivity index (χ1) is 12.7. The predicted molar refractivity (Wildman–Crippen MR) is 112 cm³/mol. The fraction of sp³-hybridized carbons (Fsp3) is 0.760. The average Bonchev–Trinajstić information content (AvgIpc) is 2.69. The van der Waals surface area contributed by atoms with Crippen LogP contribution in [-0.4, -0.2) is 12.7 Å². The van der Waals surface area contributed by atoms with Crippen LogP contribution in [0.1, 0.15) is 95.6 Å². The highest BCUT2D eigenvalue weighted by molar-refractivity contribution is 5.26. The Morgan fingerprint density at radius 3 is 1.96 bits per heavy atom. The third-order valence-corrected chi connectivity index (χ3v) is 7.29. The predicted octanol–water partition coefficient (Wildman–Crippen LogP) is 7.14. The topological polar surface area (TPSA) is 9.23 Å². The Hall–Kier alpha value is -0.820. The van der Waals surface area contributed by atoms with E-state index in [0.29, 0.717) is 6.10 Å². The molecule has 1 aromatic rings. The maximum atomic E-state index is 5.83. The van der Waals surface area contributed by atoms with Gasteiger partial charge < -0.3 is 4.74 Å². The standard InChI is InChI=1S/C25H40O/c1-4-19(3)18-20-6-8-21(9-7-20)22-10-12-23(13-11-22)24-14-16-25(17-15-24)26-5-2/h6-9,19,22-25H,4-5,10-18H2,1-3H3. The van der Waals surface area contributed by atoms with Crippen molar-refractivity contribution in [3.05, 3.63) is 35.4 Å². The first-order valence-corrected chi connectivity index (χ1v) is 11.4. The van der Waals surface area contributed by atoms with E-state index in [1.54, 1.807) is 5.56 Å². The highest BCUT2D eigenvalue weighted by atomic mass is 16.5. The van der Waals surface area contributed by atoms with E-state index in [9.17, 15) is 0 Å². The molecule has 0 heterocycles. The summed E-state index contributed by atoms with van der Waals surface area (Å²) >= 11 is 0. The van der Waals surface area contributed by atoms with Crippen molar-refractivity contribution in [2.24, 2.45) is 17.8 Å². The fourth-order valence-electron chi connectivity index (χ4n) is 5.36. The second-order valence-corrected chi connectivity index (χ2v) is 9.06. The van der Waals surface area contributed by atoms with E-state index in [1.165, 1.54) is 69.8 Å². The van der Waals surface area contributed by atoms with E-state index < -0.39 is 0 Å². The summed E-state index contributed by atoms with van der Waals surface area (Å²) in [5.41, 5.74) is 3.11. The van der Waals surface area contributed by atoms with Gasteiger partial charge in [0, 0.05) is 6.61 Å². The highest BCUT2D eigenvalue weighted by Gasteiger charge is 2.31. The Morgan fingerprint density at radius 1 is 0.846 bits per heavy atom. The Balaban J connectivity index is 1.45. The summed E-state index contributed by atoms with van der Waals surface area (Å²) in [5.74, 6) is 3.57. The summed E-state index contributed by atoms with van der Waals surface area (Å²) in [5, 5.41) is 0. The minimum absolute atomic E-state index is 0.557. The van der Waals surface area contributed by atoms with Gasteiger partial charge in [-0.1, -0.05) is 44.5 Å². The zero-order chi connectivity index (χ0) is 18.4. The number of ether oxygens (including phenoxy) is 1. The van der Waals surface area contributed by atoms with Crippen LogP contribution in [-0.2, 0) is 11.2 Å². The molecule has 0 saturated heterocycles. The van der Waals surface area contributed by atoms with Gasteiger partial charge >= 0.3 is 0 Å². The van der Waals surface area contributed by atoms with Gasteiger partial charge in [0.05, 0.1) is 6.10 Å². The Kier molecular flexibility index (Phi) is 7.61. The summed E-state index contributed by atoms with van der Waals surface area (Å²) in [6.45, 7) is 7.67. The molecule has 146 valence electrons. The molecule has 2 fully saturated rings. The molecule has 2 aliphatic carbocycles. The van der Waals surface area contributed by atoms with Gasteiger partial charge in [-0.2, -0.15) is 0 Å². The molecule has 0 bridgehead atoms. The number of benzene rings is 1. The van der Waals surface area contributed by atoms with Crippen LogP contribution in [0.15, 0.2) is 24.3 Å². The first-order valence-electron chi connectivity index (χ1n) is 11.4. The zero-order valence-electron chi connectivity index (χ0n) is 17.4. The lowest BCUT2D eigenvalue weighted by Crippen LogP contribution is -2.28. The van der Waals surface area contributed by atoms with Crippen LogP contribution in [0.25, 0.3) is 0 Å². The molecule has 0 amide bonds. The van der Waals surface area contributed by atoms with Crippen molar-refractivity contribution in [3.63, 3.8) is 0 Å². The Bertz CT molecular complexity index is 503. The normalized spacial score (nSPS) is 30.9. The van der Waals surface area contributed by atoms with Gasteiger partial charge in [-0.15, -0.1) is 0 Å². The van der Waals surface area contributed by atoms with Crippen LogP contribution in [0.5, 0.6) is 0 Å². The quantitative estimate of drug-likeness (QED) is 0.504. The lowest BCUT2D eigenvalue weighted by Gasteiger charge is -2.38. The van der Waals surface area contributed by atoms with E-state index in [-0.39, 0.29) is 0 Å². The van der Waals surface area contributed by atoms with Gasteiger partial charge in [-0.05, 0) is 99.5 Å². The van der Waals surface area contributed by atoms with E-state index in [4.69, 9.17) is 4.74 Å². The highest BCUT2D eigenvalue weighted by Crippen LogP contribution is 2.43. The molecule has 1 aromatic carbocycles. The SMILES string of the molecule is CCOC1CCC(C2CCC(c3ccc(CC(C)CC)cc3)CC2)CC1. The monoisotopic (exact) mass is 356 g/mol. The fourth-order valence-corrected chi connectivity index (χ4v) is 5.36. The van der Waals surface area contributed by atoms with Crippen molar-refractivity contribution in [2.45, 2.75) is 97.0 Å². The molecule has 0 spiro atoms. The van der Waals surface area contributed by atoms with Gasteiger partial charge in [0.2, 0.25) is 0 Å². The van der Waals surface area contributed by atoms with Crippen molar-refractivity contribution in [1.82, 2.24) is 0 Å². The largest absolute Gasteiger partial charge is 0.379 e. The van der Waals surface area contributed by atoms with Crippen LogP contribution in [0, 0.1) is 17.8 Å². The maximum absolute atomic E-state index is 5.83. The van der Waals surface area contributed by atoms with Crippen molar-refractivity contribution >= 4 is 0 Å². The van der Waals surface area contributed by atoms with Crippen LogP contribution < -0.4 is 0 Å². The molecule has 0 aliphatic heterocycles. The molecule has 1 nitrogen and oxygen atoms in total. The minimum Gasteiger partial charge on any atom is -0.379 e. The van der Waals surface area contributed by atoms with Crippen molar-refractivity contribution in [2.75, 3.05) is 6.61 Å². The third-order valence-electron chi connectivity index (χ3n) is 7.29. The van der Waals surface area contributed by atoms with Gasteiger partial charge in [-0.3, -0.25) is 0 Å². The van der Waals surface area contributed by atoms with Crippen LogP contribution in [0.4, 0.5) is 0 Å². The molecule has 26 heavy (non-hydrogen) atoms. The summed E-state index contributed by atoms with van der Waals surface area (Å²) < 4.78 is 5.83.